The van der Waals surface area contributed by atoms with Crippen LogP contribution in [0.3, 0.4) is 0 Å². The third-order valence-corrected chi connectivity index (χ3v) is 4.91. The number of hydrogen-bond acceptors (Lipinski definition) is 11. The van der Waals surface area contributed by atoms with Crippen molar-refractivity contribution in [1.29, 1.82) is 0 Å². The molecule has 0 fully saturated rings. The van der Waals surface area contributed by atoms with Crippen LogP contribution in [0.1, 0.15) is 20.8 Å². The number of hydrogen-bond donors (Lipinski definition) is 4. The third kappa shape index (κ3) is 11.7. The number of aromatic amines is 1. The van der Waals surface area contributed by atoms with E-state index < -0.39 is 48.3 Å². The predicted octanol–water partition coefficient (Wildman–Crippen LogP) is -0.915. The van der Waals surface area contributed by atoms with E-state index in [0.717, 1.165) is 4.90 Å². The van der Waals surface area contributed by atoms with Gasteiger partial charge in [-0.25, -0.2) is 9.78 Å². The molecule has 17 nitrogen and oxygen atoms in total. The van der Waals surface area contributed by atoms with Crippen LogP contribution in [0.2, 0.25) is 0 Å². The summed E-state index contributed by atoms with van der Waals surface area (Å²) in [6.45, 7) is 4.86. The molecule has 0 aromatic carbocycles. The van der Waals surface area contributed by atoms with Crippen LogP contribution in [-0.2, 0) is 39.9 Å². The van der Waals surface area contributed by atoms with Crippen molar-refractivity contribution in [3.05, 3.63) is 16.7 Å². The van der Waals surface area contributed by atoms with Crippen LogP contribution in [0.15, 0.2) is 11.1 Å². The number of imidazole rings is 1. The maximum Gasteiger partial charge on any atom is 0.414 e. The second-order valence-corrected chi connectivity index (χ2v) is 9.38. The summed E-state index contributed by atoms with van der Waals surface area (Å²) in [5.41, 5.74) is -1.62. The Kier molecular flexibility index (Phi) is 13.3. The number of nitrogens with zero attached hydrogens (tertiary/aromatic N) is 4. The number of H-pyrrole nitrogens is 1. The maximum atomic E-state index is 13.1. The van der Waals surface area contributed by atoms with Crippen LogP contribution in [0, 0.1) is 0 Å². The summed E-state index contributed by atoms with van der Waals surface area (Å²) in [5.74, 6) is -2.20. The largest absolute Gasteiger partial charge is 0.524 e. The summed E-state index contributed by atoms with van der Waals surface area (Å²) in [4.78, 5) is 71.6. The summed E-state index contributed by atoms with van der Waals surface area (Å²) in [6.07, 6.45) is 1.85. The molecule has 0 saturated carbocycles. The molecule has 1 unspecified atom stereocenters. The molecule has 18 heteroatoms. The van der Waals surface area contributed by atoms with Gasteiger partial charge in [-0.3, -0.25) is 24.7 Å². The number of aromatic nitrogens is 4. The Labute approximate surface area is 229 Å². The standard InChI is InChI=1S/C23H34N7O10.Fm/c1-23(2,3)40-22(36)28-21-26-19-18(20(35)27-21)24-13-30(19)10-16(32)29(11-17(33)34)9-15(25-14-31)12-39-8-7-38-6-5-37-4;/h13,15H,5-12H2,1-4H3,(H,25,31)(H,33,34)(H2,26,27,28,35,36);/q-1;. The minimum atomic E-state index is -1.29. The molecule has 0 saturated heterocycles. The van der Waals surface area contributed by atoms with Gasteiger partial charge < -0.3 is 43.6 Å². The van der Waals surface area contributed by atoms with Crippen LogP contribution < -0.4 is 16.2 Å². The van der Waals surface area contributed by atoms with Gasteiger partial charge in [0.15, 0.2) is 11.2 Å². The number of aliphatic carboxylic acids is 1. The Hall–Kier alpha value is -5.09. The normalized spacial score (nSPS) is 11.8. The summed E-state index contributed by atoms with van der Waals surface area (Å²) >= 11 is 0. The van der Waals surface area contributed by atoms with Crippen molar-refractivity contribution in [3.8, 4) is 0 Å². The topological polar surface area (TPSA) is 216 Å². The van der Waals surface area contributed by atoms with E-state index in [1.165, 1.54) is 17.3 Å². The van der Waals surface area contributed by atoms with E-state index in [9.17, 15) is 29.1 Å². The molecule has 0 aliphatic carbocycles. The van der Waals surface area contributed by atoms with E-state index in [4.69, 9.17) is 18.9 Å². The van der Waals surface area contributed by atoms with Crippen molar-refractivity contribution < 1.29 is 43.2 Å². The Morgan fingerprint density at radius 3 is 2.51 bits per heavy atom. The van der Waals surface area contributed by atoms with Crippen molar-refractivity contribution >= 4 is 41.5 Å². The first-order valence-corrected chi connectivity index (χ1v) is 12.1. The summed E-state index contributed by atoms with van der Waals surface area (Å²) in [6, 6.07) is -0.773. The number of nitrogens with one attached hydrogen (secondary N) is 3. The van der Waals surface area contributed by atoms with Gasteiger partial charge in [-0.15, -0.1) is 0 Å². The van der Waals surface area contributed by atoms with Gasteiger partial charge in [0.25, 0.3) is 5.56 Å². The zero-order valence-electron chi connectivity index (χ0n) is 23.0. The minimum absolute atomic E-state index is 0. The van der Waals surface area contributed by atoms with Crippen molar-refractivity contribution in [1.82, 2.24) is 29.7 Å². The number of carbonyl (C=O) groups excluding carboxylic acids is 3. The SMILES string of the molecule is COCCOCCOCC(CN(CC(=O)O)C(=O)Cn1cnc2c(=O)[nH]c(NC(=O)OC(C)(C)C)nc21)N[C-]=O.[Fm]. The van der Waals surface area contributed by atoms with Crippen LogP contribution in [0.5, 0.6) is 0 Å². The molecule has 41 heavy (non-hydrogen) atoms. The zero-order chi connectivity index (χ0) is 29.7. The fraction of sp³-hybridized carbons (Fsp3) is 0.609. The van der Waals surface area contributed by atoms with Crippen molar-refractivity contribution in [3.63, 3.8) is 0 Å². The fourth-order valence-electron chi connectivity index (χ4n) is 3.27. The smallest absolute Gasteiger partial charge is 0.414 e. The molecule has 234 valence electrons. The second-order valence-electron chi connectivity index (χ2n) is 9.38. The summed E-state index contributed by atoms with van der Waals surface area (Å²) in [7, 11) is 1.54. The molecule has 2 aromatic rings. The summed E-state index contributed by atoms with van der Waals surface area (Å²) < 4.78 is 22.0. The molecule has 0 aliphatic rings. The van der Waals surface area contributed by atoms with Crippen LogP contribution in [-0.4, -0.2) is 119 Å². The van der Waals surface area contributed by atoms with Crippen molar-refractivity contribution in [2.75, 3.05) is 58.6 Å². The fourth-order valence-corrected chi connectivity index (χ4v) is 3.27. The van der Waals surface area contributed by atoms with Gasteiger partial charge in [0, 0.05) is 19.7 Å². The minimum Gasteiger partial charge on any atom is -0.524 e. The maximum absolute atomic E-state index is 13.1. The molecular weight excluding hydrogens is 791 g/mol. The molecule has 0 spiro atoms. The number of anilines is 1. The van der Waals surface area contributed by atoms with E-state index in [1.807, 2.05) is 0 Å². The van der Waals surface area contributed by atoms with E-state index in [2.05, 4.69) is 25.6 Å². The number of carboxylic acid groups (broad SMARTS) is 1. The van der Waals surface area contributed by atoms with Crippen molar-refractivity contribution in [2.24, 2.45) is 0 Å². The van der Waals surface area contributed by atoms with Crippen molar-refractivity contribution in [2.45, 2.75) is 39.0 Å². The Balaban J connectivity index is 0.00000840. The van der Waals surface area contributed by atoms with E-state index in [0.29, 0.717) is 13.2 Å². The number of rotatable bonds is 17. The number of amides is 3. The quantitative estimate of drug-likeness (QED) is 0.0867. The Bertz CT molecular complexity index is 1210. The average Bonchev–Trinajstić information content (AvgIpc) is 3.24. The molecular formula is C23H34FmN7O10-. The van der Waals surface area contributed by atoms with Gasteiger partial charge >= 0.3 is 12.1 Å². The van der Waals surface area contributed by atoms with E-state index >= 15 is 0 Å². The van der Waals surface area contributed by atoms with E-state index in [-0.39, 0.29) is 43.5 Å². The number of methoxy groups -OCH3 is 1. The van der Waals surface area contributed by atoms with Crippen LogP contribution in [0.25, 0.3) is 11.2 Å². The molecule has 3 amide bonds. The number of carbonyl (C=O) groups is 3. The Morgan fingerprint density at radius 1 is 1.20 bits per heavy atom. The molecule has 0 radical (unpaired) electrons. The number of carboxylic acids is 1. The molecule has 2 heterocycles. The molecule has 1 atom stereocenters. The number of ether oxygens (including phenoxy) is 4. The average molecular weight is 826 g/mol. The molecule has 2 rings (SSSR count). The summed E-state index contributed by atoms with van der Waals surface area (Å²) in [5, 5.41) is 14.0. The third-order valence-electron chi connectivity index (χ3n) is 4.91. The van der Waals surface area contributed by atoms with Crippen LogP contribution >= 0.6 is 0 Å². The zero-order valence-corrected chi connectivity index (χ0v) is 25.4. The predicted molar refractivity (Wildman–Crippen MR) is 138 cm³/mol. The monoisotopic (exact) mass is 825 g/mol. The van der Waals surface area contributed by atoms with E-state index in [1.54, 1.807) is 27.9 Å². The van der Waals surface area contributed by atoms with Crippen LogP contribution in [0.4, 0.5) is 10.7 Å². The second kappa shape index (κ2) is 16.1. The first kappa shape index (κ1) is 33.9. The first-order chi connectivity index (χ1) is 18.9. The molecule has 0 aliphatic heterocycles. The number of fused-ring (bicyclic) bond motifs is 1. The first-order valence-electron chi connectivity index (χ1n) is 12.1. The van der Waals surface area contributed by atoms with Gasteiger partial charge in [-0.1, -0.05) is 0 Å². The van der Waals surface area contributed by atoms with Gasteiger partial charge in [0.05, 0.1) is 39.4 Å². The van der Waals surface area contributed by atoms with Gasteiger partial charge in [-0.2, -0.15) is 11.4 Å². The molecule has 2 aromatic heterocycles. The molecule has 4 N–H and O–H groups in total. The van der Waals surface area contributed by atoms with Gasteiger partial charge in [-0.05, 0) is 20.8 Å². The van der Waals surface area contributed by atoms with Gasteiger partial charge in [0.2, 0.25) is 11.9 Å². The molecule has 0 bridgehead atoms. The van der Waals surface area contributed by atoms with Gasteiger partial charge in [0.1, 0.15) is 18.7 Å². The Morgan fingerprint density at radius 2 is 1.88 bits per heavy atom.